The Morgan fingerprint density at radius 3 is 2.89 bits per heavy atom. The molecule has 1 aliphatic heterocycles. The molecule has 1 saturated heterocycles. The maximum absolute atomic E-state index is 5.94. The number of nitrogens with zero attached hydrogens (tertiary/aromatic N) is 2. The van der Waals surface area contributed by atoms with Gasteiger partial charge in [0.2, 0.25) is 5.13 Å². The van der Waals surface area contributed by atoms with Crippen molar-refractivity contribution >= 4 is 16.7 Å². The van der Waals surface area contributed by atoms with E-state index in [1.54, 1.807) is 7.11 Å². The Kier molecular flexibility index (Phi) is 5.50. The first-order valence-electron chi connectivity index (χ1n) is 6.59. The van der Waals surface area contributed by atoms with Crippen molar-refractivity contribution in [2.75, 3.05) is 45.4 Å². The van der Waals surface area contributed by atoms with Gasteiger partial charge in [0.25, 0.3) is 0 Å². The number of nitrogens with one attached hydrogen (secondary N) is 1. The molecule has 19 heavy (non-hydrogen) atoms. The van der Waals surface area contributed by atoms with Gasteiger partial charge in [0.05, 0.1) is 6.61 Å². The van der Waals surface area contributed by atoms with Gasteiger partial charge in [0, 0.05) is 57.8 Å². The lowest BCUT2D eigenvalue weighted by molar-refractivity contribution is -0.117. The van der Waals surface area contributed by atoms with Crippen molar-refractivity contribution in [2.24, 2.45) is 0 Å². The molecule has 2 rings (SSSR count). The third-order valence-electron chi connectivity index (χ3n) is 3.14. The van der Waals surface area contributed by atoms with E-state index in [0.29, 0.717) is 26.4 Å². The fraction of sp³-hybridized carbons (Fsp3) is 0.833. The summed E-state index contributed by atoms with van der Waals surface area (Å²) in [5.74, 6) is 0.780. The normalized spacial score (nSPS) is 18.4. The Hall–Kier alpha value is -0.760. The van der Waals surface area contributed by atoms with Crippen LogP contribution in [0.1, 0.15) is 25.6 Å². The second kappa shape index (κ2) is 7.14. The van der Waals surface area contributed by atoms with Crippen molar-refractivity contribution in [1.82, 2.24) is 9.36 Å². The Morgan fingerprint density at radius 1 is 1.42 bits per heavy atom. The molecular weight excluding hydrogens is 266 g/mol. The van der Waals surface area contributed by atoms with Crippen molar-refractivity contribution in [3.05, 3.63) is 5.82 Å². The fourth-order valence-electron chi connectivity index (χ4n) is 2.15. The van der Waals surface area contributed by atoms with E-state index in [4.69, 9.17) is 14.2 Å². The monoisotopic (exact) mass is 287 g/mol. The van der Waals surface area contributed by atoms with Crippen LogP contribution in [-0.2, 0) is 19.8 Å². The number of rotatable bonds is 7. The van der Waals surface area contributed by atoms with E-state index in [2.05, 4.69) is 14.7 Å². The molecule has 1 aliphatic rings. The molecule has 0 saturated carbocycles. The topological polar surface area (TPSA) is 65.5 Å². The maximum Gasteiger partial charge on any atom is 0.202 e. The molecule has 0 bridgehead atoms. The van der Waals surface area contributed by atoms with Gasteiger partial charge in [0.15, 0.2) is 5.82 Å². The first-order valence-corrected chi connectivity index (χ1v) is 7.37. The average molecular weight is 287 g/mol. The van der Waals surface area contributed by atoms with Gasteiger partial charge in [-0.2, -0.15) is 4.37 Å². The van der Waals surface area contributed by atoms with Crippen LogP contribution in [0.4, 0.5) is 5.13 Å². The van der Waals surface area contributed by atoms with Gasteiger partial charge < -0.3 is 19.5 Å². The van der Waals surface area contributed by atoms with Gasteiger partial charge in [-0.1, -0.05) is 0 Å². The van der Waals surface area contributed by atoms with Crippen molar-refractivity contribution in [2.45, 2.75) is 25.4 Å². The Bertz CT molecular complexity index is 375. The van der Waals surface area contributed by atoms with E-state index in [0.717, 1.165) is 30.3 Å². The summed E-state index contributed by atoms with van der Waals surface area (Å²) in [6, 6.07) is 0. The number of aromatic nitrogens is 2. The average Bonchev–Trinajstić information content (AvgIpc) is 2.90. The summed E-state index contributed by atoms with van der Waals surface area (Å²) in [7, 11) is 1.68. The summed E-state index contributed by atoms with van der Waals surface area (Å²) < 4.78 is 20.8. The third-order valence-corrected chi connectivity index (χ3v) is 3.81. The van der Waals surface area contributed by atoms with Gasteiger partial charge in [-0.15, -0.1) is 0 Å². The molecule has 0 aromatic carbocycles. The molecular formula is C12H21N3O3S. The standard InChI is InChI=1S/C12H21N3O3S/c1-3-18-12(4-7-17-8-5-12)10-14-11(19-15-10)13-6-9-16-2/h3-9H2,1-2H3,(H,13,14,15). The van der Waals surface area contributed by atoms with E-state index in [1.165, 1.54) is 11.5 Å². The molecule has 0 radical (unpaired) electrons. The predicted octanol–water partition coefficient (Wildman–Crippen LogP) is 1.64. The lowest BCUT2D eigenvalue weighted by Crippen LogP contribution is -2.37. The van der Waals surface area contributed by atoms with E-state index in [-0.39, 0.29) is 5.60 Å². The largest absolute Gasteiger partial charge is 0.383 e. The predicted molar refractivity (Wildman–Crippen MR) is 73.6 cm³/mol. The lowest BCUT2D eigenvalue weighted by Gasteiger charge is -2.34. The molecule has 1 N–H and O–H groups in total. The van der Waals surface area contributed by atoms with Gasteiger partial charge >= 0.3 is 0 Å². The minimum atomic E-state index is -0.370. The van der Waals surface area contributed by atoms with Crippen molar-refractivity contribution in [3.8, 4) is 0 Å². The van der Waals surface area contributed by atoms with Crippen LogP contribution in [0, 0.1) is 0 Å². The molecule has 0 atom stereocenters. The molecule has 108 valence electrons. The fourth-order valence-corrected chi connectivity index (χ4v) is 2.82. The van der Waals surface area contributed by atoms with Gasteiger partial charge in [-0.3, -0.25) is 0 Å². The molecule has 6 nitrogen and oxygen atoms in total. The summed E-state index contributed by atoms with van der Waals surface area (Å²) in [5, 5.41) is 4.01. The highest BCUT2D eigenvalue weighted by Gasteiger charge is 2.39. The van der Waals surface area contributed by atoms with Crippen LogP contribution in [0.25, 0.3) is 0 Å². The summed E-state index contributed by atoms with van der Waals surface area (Å²) in [4.78, 5) is 4.56. The zero-order chi connectivity index (χ0) is 13.6. The molecule has 7 heteroatoms. The van der Waals surface area contributed by atoms with Crippen LogP contribution in [0.3, 0.4) is 0 Å². The van der Waals surface area contributed by atoms with Gasteiger partial charge in [-0.05, 0) is 6.92 Å². The van der Waals surface area contributed by atoms with Crippen LogP contribution in [0.15, 0.2) is 0 Å². The Morgan fingerprint density at radius 2 is 2.21 bits per heavy atom. The zero-order valence-corrected chi connectivity index (χ0v) is 12.3. The number of anilines is 1. The van der Waals surface area contributed by atoms with Crippen molar-refractivity contribution in [3.63, 3.8) is 0 Å². The van der Waals surface area contributed by atoms with E-state index >= 15 is 0 Å². The molecule has 1 aromatic heterocycles. The highest BCUT2D eigenvalue weighted by Crippen LogP contribution is 2.35. The van der Waals surface area contributed by atoms with Crippen LogP contribution in [0.5, 0.6) is 0 Å². The Balaban J connectivity index is 2.04. The molecule has 0 spiro atoms. The highest BCUT2D eigenvalue weighted by atomic mass is 32.1. The SMILES string of the molecule is CCOC1(c2nsc(NCCOC)n2)CCOCC1. The second-order valence-electron chi connectivity index (χ2n) is 4.38. The molecule has 0 unspecified atom stereocenters. The molecule has 1 aromatic rings. The first kappa shape index (κ1) is 14.6. The van der Waals surface area contributed by atoms with Crippen LogP contribution in [0.2, 0.25) is 0 Å². The van der Waals surface area contributed by atoms with E-state index in [9.17, 15) is 0 Å². The molecule has 0 aliphatic carbocycles. The lowest BCUT2D eigenvalue weighted by atomic mass is 9.93. The van der Waals surface area contributed by atoms with Crippen LogP contribution < -0.4 is 5.32 Å². The zero-order valence-electron chi connectivity index (χ0n) is 11.5. The van der Waals surface area contributed by atoms with Crippen LogP contribution in [-0.4, -0.2) is 49.4 Å². The van der Waals surface area contributed by atoms with E-state index in [1.807, 2.05) is 6.92 Å². The number of methoxy groups -OCH3 is 1. The number of hydrogen-bond donors (Lipinski definition) is 1. The van der Waals surface area contributed by atoms with E-state index < -0.39 is 0 Å². The number of ether oxygens (including phenoxy) is 3. The maximum atomic E-state index is 5.94. The summed E-state index contributed by atoms with van der Waals surface area (Å²) in [6.07, 6.45) is 1.63. The second-order valence-corrected chi connectivity index (χ2v) is 5.13. The summed E-state index contributed by atoms with van der Waals surface area (Å²) in [6.45, 7) is 5.44. The summed E-state index contributed by atoms with van der Waals surface area (Å²) in [5.41, 5.74) is -0.370. The van der Waals surface area contributed by atoms with Crippen molar-refractivity contribution < 1.29 is 14.2 Å². The molecule has 1 fully saturated rings. The van der Waals surface area contributed by atoms with Gasteiger partial charge in [-0.25, -0.2) is 4.98 Å². The molecule has 2 heterocycles. The smallest absolute Gasteiger partial charge is 0.202 e. The third kappa shape index (κ3) is 3.62. The minimum Gasteiger partial charge on any atom is -0.383 e. The van der Waals surface area contributed by atoms with Gasteiger partial charge in [0.1, 0.15) is 5.60 Å². The first-order chi connectivity index (χ1) is 9.30. The minimum absolute atomic E-state index is 0.370. The summed E-state index contributed by atoms with van der Waals surface area (Å²) >= 11 is 1.37. The Labute approximate surface area is 117 Å². The van der Waals surface area contributed by atoms with Crippen molar-refractivity contribution in [1.29, 1.82) is 0 Å². The highest BCUT2D eigenvalue weighted by molar-refractivity contribution is 7.09. The number of hydrogen-bond acceptors (Lipinski definition) is 7. The van der Waals surface area contributed by atoms with Crippen LogP contribution >= 0.6 is 11.5 Å². The molecule has 0 amide bonds. The quantitative estimate of drug-likeness (QED) is 0.769.